The molecule has 0 aliphatic heterocycles. The van der Waals surface area contributed by atoms with Crippen LogP contribution in [0.15, 0.2) is 48.6 Å². The number of benzene rings is 2. The summed E-state index contributed by atoms with van der Waals surface area (Å²) >= 11 is 0. The third kappa shape index (κ3) is 5.86. The van der Waals surface area contributed by atoms with Crippen molar-refractivity contribution in [3.63, 3.8) is 0 Å². The van der Waals surface area contributed by atoms with Gasteiger partial charge in [-0.05, 0) is 6.92 Å². The Morgan fingerprint density at radius 2 is 1.55 bits per heavy atom. The van der Waals surface area contributed by atoms with Crippen molar-refractivity contribution in [3.05, 3.63) is 71.8 Å². The van der Waals surface area contributed by atoms with E-state index in [9.17, 15) is 0 Å². The summed E-state index contributed by atoms with van der Waals surface area (Å²) in [4.78, 5) is 0. The molecular weight excluding hydrogens is 394 g/mol. The minimum absolute atomic E-state index is 0. The molecule has 2 rings (SSSR count). The molecule has 0 spiro atoms. The molecule has 0 amide bonds. The second-order valence-electron chi connectivity index (χ2n) is 4.07. The van der Waals surface area contributed by atoms with Crippen LogP contribution in [0.5, 0.6) is 0 Å². The summed E-state index contributed by atoms with van der Waals surface area (Å²) in [5.74, 6) is 0. The molecule has 2 aromatic carbocycles. The van der Waals surface area contributed by atoms with Crippen LogP contribution in [0.3, 0.4) is 0 Å². The van der Waals surface area contributed by atoms with E-state index in [1.807, 2.05) is 44.2 Å². The van der Waals surface area contributed by atoms with Gasteiger partial charge in [0.2, 0.25) is 0 Å². The monoisotopic (exact) mass is 410 g/mol. The molecule has 2 radical (unpaired) electrons. The Kier molecular flexibility index (Phi) is 10.9. The van der Waals surface area contributed by atoms with Gasteiger partial charge in [0.1, 0.15) is 0 Å². The van der Waals surface area contributed by atoms with Crippen LogP contribution in [0.2, 0.25) is 0 Å². The third-order valence-electron chi connectivity index (χ3n) is 2.69. The summed E-state index contributed by atoms with van der Waals surface area (Å²) in [6.45, 7) is 4.03. The molecule has 0 aromatic heterocycles. The van der Waals surface area contributed by atoms with Gasteiger partial charge in [-0.3, -0.25) is 0 Å². The van der Waals surface area contributed by atoms with E-state index in [0.717, 1.165) is 16.7 Å². The first-order valence-corrected chi connectivity index (χ1v) is 6.12. The van der Waals surface area contributed by atoms with Gasteiger partial charge in [-0.15, -0.1) is 83.4 Å². The smallest absolute Gasteiger partial charge is 0 e. The Morgan fingerprint density at radius 1 is 0.800 bits per heavy atom. The zero-order chi connectivity index (χ0) is 12.8. The molecular formula is C18H16Y2-2. The van der Waals surface area contributed by atoms with Crippen molar-refractivity contribution in [2.45, 2.75) is 13.8 Å². The molecule has 0 N–H and O–H groups in total. The van der Waals surface area contributed by atoms with Crippen LogP contribution >= 0.6 is 0 Å². The van der Waals surface area contributed by atoms with Crippen molar-refractivity contribution < 1.29 is 65.4 Å². The van der Waals surface area contributed by atoms with E-state index in [4.69, 9.17) is 0 Å². The van der Waals surface area contributed by atoms with Gasteiger partial charge in [-0.1, -0.05) is 13.0 Å². The van der Waals surface area contributed by atoms with Crippen LogP contribution in [-0.2, 0) is 65.4 Å². The molecule has 0 atom stereocenters. The maximum absolute atomic E-state index is 3.30. The van der Waals surface area contributed by atoms with E-state index in [2.05, 4.69) is 42.5 Å². The van der Waals surface area contributed by atoms with Gasteiger partial charge < -0.3 is 0 Å². The van der Waals surface area contributed by atoms with E-state index in [1.165, 1.54) is 5.56 Å². The maximum atomic E-state index is 3.30. The molecule has 2 aromatic rings. The Hall–Kier alpha value is 0.128. The fourth-order valence-corrected chi connectivity index (χ4v) is 1.80. The quantitative estimate of drug-likeness (QED) is 0.624. The Morgan fingerprint density at radius 3 is 2.05 bits per heavy atom. The van der Waals surface area contributed by atoms with Crippen LogP contribution < -0.4 is 0 Å². The minimum atomic E-state index is 0. The topological polar surface area (TPSA) is 0 Å². The first-order valence-electron chi connectivity index (χ1n) is 6.12. The first kappa shape index (κ1) is 20.1. The number of allylic oxidation sites excluding steroid dienone is 2. The Bertz CT molecular complexity index is 495. The molecule has 0 unspecified atom stereocenters. The van der Waals surface area contributed by atoms with Gasteiger partial charge >= 0.3 is 0 Å². The van der Waals surface area contributed by atoms with Crippen molar-refractivity contribution in [1.29, 1.82) is 0 Å². The summed E-state index contributed by atoms with van der Waals surface area (Å²) in [5, 5.41) is 0. The molecule has 0 nitrogen and oxygen atoms in total. The van der Waals surface area contributed by atoms with Gasteiger partial charge in [-0.25, -0.2) is 0 Å². The molecule has 0 saturated carbocycles. The van der Waals surface area contributed by atoms with Crippen LogP contribution in [-0.4, -0.2) is 0 Å². The van der Waals surface area contributed by atoms with Crippen LogP contribution in [0.4, 0.5) is 0 Å². The maximum Gasteiger partial charge on any atom is 0 e. The number of rotatable bonds is 3. The summed E-state index contributed by atoms with van der Waals surface area (Å²) < 4.78 is 0. The second-order valence-corrected chi connectivity index (χ2v) is 4.07. The van der Waals surface area contributed by atoms with Crippen molar-refractivity contribution in [2.75, 3.05) is 0 Å². The van der Waals surface area contributed by atoms with Gasteiger partial charge in [0.25, 0.3) is 0 Å². The average molecular weight is 410 g/mol. The zero-order valence-electron chi connectivity index (χ0n) is 11.9. The van der Waals surface area contributed by atoms with E-state index < -0.39 is 0 Å². The van der Waals surface area contributed by atoms with Gasteiger partial charge in [0, 0.05) is 65.4 Å². The molecule has 96 valence electrons. The molecule has 0 heterocycles. The standard InChI is InChI=1S/C18H16.2Y/c1-3-5-15-7-11-17(12-8-15)18-13-9-16(6-4-2)10-14-18;;/h3-9,11,13-14H,1-2H3;;/q-2;;/b5-3+,6-4+;;. The largest absolute Gasteiger partial charge is 0.151 e. The summed E-state index contributed by atoms with van der Waals surface area (Å²) in [7, 11) is 0. The summed E-state index contributed by atoms with van der Waals surface area (Å²) in [5.41, 5.74) is 4.53. The molecule has 0 bridgehead atoms. The van der Waals surface area contributed by atoms with Gasteiger partial charge in [0.15, 0.2) is 0 Å². The molecule has 0 aliphatic rings. The predicted octanol–water partition coefficient (Wildman–Crippen LogP) is 5.02. The minimum Gasteiger partial charge on any atom is -0.151 e. The average Bonchev–Trinajstić information content (AvgIpc) is 2.41. The van der Waals surface area contributed by atoms with Crippen LogP contribution in [0.25, 0.3) is 23.3 Å². The zero-order valence-corrected chi connectivity index (χ0v) is 17.6. The second kappa shape index (κ2) is 10.8. The molecule has 2 heteroatoms. The van der Waals surface area contributed by atoms with Crippen molar-refractivity contribution in [3.8, 4) is 11.1 Å². The van der Waals surface area contributed by atoms with E-state index >= 15 is 0 Å². The van der Waals surface area contributed by atoms with Crippen LogP contribution in [0, 0.1) is 12.1 Å². The first-order chi connectivity index (χ1) is 8.83. The molecule has 0 aliphatic carbocycles. The van der Waals surface area contributed by atoms with Gasteiger partial charge in [-0.2, -0.15) is 5.56 Å². The van der Waals surface area contributed by atoms with Crippen molar-refractivity contribution in [2.24, 2.45) is 0 Å². The third-order valence-corrected chi connectivity index (χ3v) is 2.69. The molecule has 0 saturated heterocycles. The fraction of sp³-hybridized carbons (Fsp3) is 0.111. The van der Waals surface area contributed by atoms with E-state index in [0.29, 0.717) is 0 Å². The normalized spacial score (nSPS) is 10.3. The van der Waals surface area contributed by atoms with Crippen LogP contribution in [0.1, 0.15) is 25.0 Å². The van der Waals surface area contributed by atoms with Crippen molar-refractivity contribution >= 4 is 12.2 Å². The Labute approximate surface area is 172 Å². The SMILES string of the molecule is C/C=C/c1[c-]cc(-c2[c-]cc(/C=C/C)cc2)cc1.[Y].[Y]. The summed E-state index contributed by atoms with van der Waals surface area (Å²) in [6, 6.07) is 18.9. The van der Waals surface area contributed by atoms with E-state index in [1.54, 1.807) is 0 Å². The van der Waals surface area contributed by atoms with E-state index in [-0.39, 0.29) is 65.4 Å². The molecule has 20 heavy (non-hydrogen) atoms. The fourth-order valence-electron chi connectivity index (χ4n) is 1.80. The predicted molar refractivity (Wildman–Crippen MR) is 79.0 cm³/mol. The van der Waals surface area contributed by atoms with Gasteiger partial charge in [0.05, 0.1) is 0 Å². The number of hydrogen-bond donors (Lipinski definition) is 0. The molecule has 0 fully saturated rings. The Balaban J connectivity index is 0.00000180. The number of hydrogen-bond acceptors (Lipinski definition) is 0. The summed E-state index contributed by atoms with van der Waals surface area (Å²) in [6.07, 6.45) is 8.16. The van der Waals surface area contributed by atoms with Crippen molar-refractivity contribution in [1.82, 2.24) is 0 Å².